The van der Waals surface area contributed by atoms with Crippen molar-refractivity contribution in [2.45, 2.75) is 179 Å². The smallest absolute Gasteiger partial charge is 0.311 e. The predicted octanol–water partition coefficient (Wildman–Crippen LogP) is 2.29. The van der Waals surface area contributed by atoms with Gasteiger partial charge in [-0.25, -0.2) is 0 Å². The number of fused-ring (bicyclic) bond motifs is 2. The molecular weight excluding hydrogens is 626 g/mol. The molecule has 278 valence electrons. The number of aliphatic hydroxyl groups excluding tert-OH is 3. The zero-order valence-electron chi connectivity index (χ0n) is 30.5. The summed E-state index contributed by atoms with van der Waals surface area (Å²) in [6.45, 7) is 17.8. The molecule has 0 radical (unpaired) electrons. The highest BCUT2D eigenvalue weighted by Crippen LogP contribution is 2.48. The Morgan fingerprint density at radius 1 is 1.08 bits per heavy atom. The van der Waals surface area contributed by atoms with Crippen molar-refractivity contribution >= 4 is 5.97 Å². The van der Waals surface area contributed by atoms with Crippen LogP contribution in [0.15, 0.2) is 11.3 Å². The van der Waals surface area contributed by atoms with Crippen LogP contribution in [0.5, 0.6) is 0 Å². The molecule has 13 heteroatoms. The van der Waals surface area contributed by atoms with Crippen LogP contribution in [0.2, 0.25) is 0 Å². The average Bonchev–Trinajstić information content (AvgIpc) is 3.34. The molecule has 4 heterocycles. The van der Waals surface area contributed by atoms with Gasteiger partial charge in [-0.2, -0.15) is 0 Å². The van der Waals surface area contributed by atoms with Gasteiger partial charge in [-0.05, 0) is 66.9 Å². The van der Waals surface area contributed by atoms with Crippen molar-refractivity contribution in [3.63, 3.8) is 0 Å². The number of aliphatic hydroxyl groups is 4. The molecule has 6 N–H and O–H groups in total. The highest BCUT2D eigenvalue weighted by atomic mass is 16.7. The fourth-order valence-electron chi connectivity index (χ4n) is 8.27. The maximum absolute atomic E-state index is 14.2. The van der Waals surface area contributed by atoms with Gasteiger partial charge in [0.2, 0.25) is 0 Å². The highest BCUT2D eigenvalue weighted by Gasteiger charge is 2.56. The maximum Gasteiger partial charge on any atom is 0.311 e. The van der Waals surface area contributed by atoms with Crippen LogP contribution in [0.1, 0.15) is 94.9 Å². The summed E-state index contributed by atoms with van der Waals surface area (Å²) >= 11 is 0. The topological polar surface area (TPSA) is 189 Å². The fourth-order valence-corrected chi connectivity index (χ4v) is 8.27. The van der Waals surface area contributed by atoms with Crippen LogP contribution in [-0.2, 0) is 38.0 Å². The zero-order valence-corrected chi connectivity index (χ0v) is 30.5. The van der Waals surface area contributed by atoms with Crippen molar-refractivity contribution in [1.29, 1.82) is 0 Å². The third kappa shape index (κ3) is 7.46. The number of cyclic esters (lactones) is 1. The molecule has 0 aromatic carbocycles. The third-order valence-corrected chi connectivity index (χ3v) is 11.3. The molecule has 5 unspecified atom stereocenters. The summed E-state index contributed by atoms with van der Waals surface area (Å²) < 4.78 is 44.3. The first kappa shape index (κ1) is 39.4. The van der Waals surface area contributed by atoms with Crippen LogP contribution in [0.25, 0.3) is 0 Å². The van der Waals surface area contributed by atoms with E-state index in [1.807, 2.05) is 27.7 Å². The lowest BCUT2D eigenvalue weighted by molar-refractivity contribution is -0.313. The number of ether oxygens (including phenoxy) is 7. The molecule has 0 aromatic heterocycles. The molecule has 0 aromatic rings. The van der Waals surface area contributed by atoms with Crippen molar-refractivity contribution in [1.82, 2.24) is 0 Å². The Balaban J connectivity index is 1.82. The number of hydrogen-bond acceptors (Lipinski definition) is 13. The van der Waals surface area contributed by atoms with Gasteiger partial charge >= 0.3 is 5.97 Å². The molecule has 0 aliphatic carbocycles. The quantitative estimate of drug-likeness (QED) is 0.234. The molecule has 17 atom stereocenters. The van der Waals surface area contributed by atoms with Gasteiger partial charge in [0.1, 0.15) is 41.4 Å². The SMILES string of the molecule is CC[C@@H](O)[C@@](C)(O)[C@@H]1OC(=O)[C@H](C)[C@@H](O[C@H]2CC(C)(OC)[C@@H](O)C(C)O2)[C@H](C)[C@@H](O[C@@H]2OC(C)CC(N)C2O)[C@@]2(C)CC(C)=C(O2)[C@@H]1C. The largest absolute Gasteiger partial charge is 0.488 e. The molecule has 2 bridgehead atoms. The average molecular weight is 688 g/mol. The minimum absolute atomic E-state index is 0.165. The second-order valence-electron chi connectivity index (χ2n) is 15.5. The van der Waals surface area contributed by atoms with E-state index in [4.69, 9.17) is 38.9 Å². The summed E-state index contributed by atoms with van der Waals surface area (Å²) in [6.07, 6.45) is -7.80. The van der Waals surface area contributed by atoms with E-state index in [2.05, 4.69) is 0 Å². The molecule has 4 aliphatic heterocycles. The van der Waals surface area contributed by atoms with Gasteiger partial charge < -0.3 is 59.3 Å². The van der Waals surface area contributed by atoms with Crippen molar-refractivity contribution in [3.05, 3.63) is 11.3 Å². The van der Waals surface area contributed by atoms with E-state index in [1.165, 1.54) is 14.0 Å². The number of carbonyl (C=O) groups is 1. The number of nitrogens with two attached hydrogens (primary N) is 1. The van der Waals surface area contributed by atoms with Crippen molar-refractivity contribution in [3.8, 4) is 0 Å². The van der Waals surface area contributed by atoms with Gasteiger partial charge in [0, 0.05) is 31.9 Å². The standard InChI is InChI=1S/C35H61NO12/c1-12-23(37)35(10,41)30-18(4)26-16(2)14-34(9,48-26)29(47-32-25(38)22(36)13-17(3)43-32)19(5)27(20(6)31(40)46-30)45-24-15-33(8,42-11)28(39)21(7)44-24/h17-25,27-30,32,37-39,41H,12-15,36H2,1-11H3/t17?,18-,19-,20+,21?,22?,23+,24-,25?,27-,28-,29+,30+,32-,33?,34+,35+/m0/s1. The second kappa shape index (κ2) is 14.7. The van der Waals surface area contributed by atoms with Gasteiger partial charge in [0.05, 0.1) is 41.9 Å². The van der Waals surface area contributed by atoms with E-state index < -0.39 is 102 Å². The number of methoxy groups -OCH3 is 1. The van der Waals surface area contributed by atoms with Gasteiger partial charge in [-0.15, -0.1) is 0 Å². The van der Waals surface area contributed by atoms with Gasteiger partial charge in [0.15, 0.2) is 12.6 Å². The zero-order chi connectivity index (χ0) is 36.1. The monoisotopic (exact) mass is 687 g/mol. The molecule has 3 saturated heterocycles. The first-order valence-corrected chi connectivity index (χ1v) is 17.5. The Hall–Kier alpha value is -1.39. The number of rotatable bonds is 8. The summed E-state index contributed by atoms with van der Waals surface area (Å²) in [5.74, 6) is -2.33. The first-order valence-electron chi connectivity index (χ1n) is 17.5. The number of carbonyl (C=O) groups excluding carboxylic acids is 1. The summed E-state index contributed by atoms with van der Waals surface area (Å²) in [7, 11) is 1.52. The Labute approximate surface area is 285 Å². The third-order valence-electron chi connectivity index (χ3n) is 11.3. The number of hydrogen-bond donors (Lipinski definition) is 5. The summed E-state index contributed by atoms with van der Waals surface area (Å²) in [6, 6.07) is -0.575. The molecule has 0 spiro atoms. The second-order valence-corrected chi connectivity index (χ2v) is 15.5. The van der Waals surface area contributed by atoms with Crippen LogP contribution >= 0.6 is 0 Å². The molecule has 4 aliphatic rings. The van der Waals surface area contributed by atoms with Gasteiger partial charge in [-0.3, -0.25) is 4.79 Å². The first-order chi connectivity index (χ1) is 22.2. The van der Waals surface area contributed by atoms with E-state index in [0.717, 1.165) is 5.57 Å². The van der Waals surface area contributed by atoms with E-state index >= 15 is 0 Å². The van der Waals surface area contributed by atoms with Crippen molar-refractivity contribution in [2.24, 2.45) is 23.5 Å². The van der Waals surface area contributed by atoms with Crippen LogP contribution in [-0.4, -0.2) is 118 Å². The summed E-state index contributed by atoms with van der Waals surface area (Å²) in [5, 5.41) is 44.6. The van der Waals surface area contributed by atoms with E-state index in [0.29, 0.717) is 18.6 Å². The molecule has 13 nitrogen and oxygen atoms in total. The van der Waals surface area contributed by atoms with E-state index in [1.54, 1.807) is 34.6 Å². The van der Waals surface area contributed by atoms with Gasteiger partial charge in [-0.1, -0.05) is 20.8 Å². The predicted molar refractivity (Wildman–Crippen MR) is 174 cm³/mol. The van der Waals surface area contributed by atoms with Crippen LogP contribution in [0, 0.1) is 17.8 Å². The van der Waals surface area contributed by atoms with E-state index in [9.17, 15) is 25.2 Å². The Morgan fingerprint density at radius 3 is 2.33 bits per heavy atom. The highest BCUT2D eigenvalue weighted by molar-refractivity contribution is 5.73. The normalized spacial score (nSPS) is 47.8. The van der Waals surface area contributed by atoms with Gasteiger partial charge in [0.25, 0.3) is 0 Å². The lowest BCUT2D eigenvalue weighted by Crippen LogP contribution is -2.60. The molecule has 0 saturated carbocycles. The fraction of sp³-hybridized carbons (Fsp3) is 0.914. The van der Waals surface area contributed by atoms with Crippen molar-refractivity contribution < 1.29 is 58.4 Å². The van der Waals surface area contributed by atoms with Crippen LogP contribution < -0.4 is 5.73 Å². The lowest BCUT2D eigenvalue weighted by atomic mass is 9.78. The Morgan fingerprint density at radius 2 is 1.73 bits per heavy atom. The van der Waals surface area contributed by atoms with E-state index in [-0.39, 0.29) is 18.9 Å². The summed E-state index contributed by atoms with van der Waals surface area (Å²) in [5.41, 5.74) is 3.29. The summed E-state index contributed by atoms with van der Waals surface area (Å²) in [4.78, 5) is 14.2. The molecule has 48 heavy (non-hydrogen) atoms. The maximum atomic E-state index is 14.2. The Bertz CT molecular complexity index is 1170. The van der Waals surface area contributed by atoms with Crippen molar-refractivity contribution in [2.75, 3.05) is 7.11 Å². The molecule has 3 fully saturated rings. The van der Waals surface area contributed by atoms with Crippen LogP contribution in [0.3, 0.4) is 0 Å². The lowest BCUT2D eigenvalue weighted by Gasteiger charge is -2.48. The molecule has 4 rings (SSSR count). The minimum atomic E-state index is -1.82. The number of esters is 1. The molecule has 0 amide bonds. The minimum Gasteiger partial charge on any atom is -0.488 e. The molecular formula is C35H61NO12. The Kier molecular flexibility index (Phi) is 12.1. The van der Waals surface area contributed by atoms with Crippen LogP contribution in [0.4, 0.5) is 0 Å².